The van der Waals surface area contributed by atoms with E-state index in [0.29, 0.717) is 23.0 Å². The smallest absolute Gasteiger partial charge is 0.343 e. The molecular weight excluding hydrogens is 921 g/mol. The lowest BCUT2D eigenvalue weighted by Gasteiger charge is -2.11. The number of nitrogens with one attached hydrogen (secondary N) is 4. The molecule has 0 fully saturated rings. The van der Waals surface area contributed by atoms with E-state index in [1.165, 1.54) is 28.4 Å². The van der Waals surface area contributed by atoms with Crippen molar-refractivity contribution in [1.82, 2.24) is 19.9 Å². The summed E-state index contributed by atoms with van der Waals surface area (Å²) < 4.78 is 42.0. The van der Waals surface area contributed by atoms with E-state index in [2.05, 4.69) is 19.9 Å². The van der Waals surface area contributed by atoms with Gasteiger partial charge >= 0.3 is 23.9 Å². The van der Waals surface area contributed by atoms with Crippen LogP contribution in [0.15, 0.2) is 146 Å². The summed E-state index contributed by atoms with van der Waals surface area (Å²) in [6, 6.07) is 46.1. The molecule has 364 valence electrons. The van der Waals surface area contributed by atoms with Crippen LogP contribution in [0.5, 0.6) is 23.0 Å². The number of methoxy groups -OCH3 is 4. The normalized spacial score (nSPS) is 11.9. The van der Waals surface area contributed by atoms with E-state index >= 15 is 0 Å². The van der Waals surface area contributed by atoms with Gasteiger partial charge in [0.05, 0.1) is 28.4 Å². The van der Waals surface area contributed by atoms with Crippen LogP contribution in [0.3, 0.4) is 0 Å². The Labute approximate surface area is 411 Å². The first-order valence-electron chi connectivity index (χ1n) is 22.6. The maximum atomic E-state index is 11.9. The van der Waals surface area contributed by atoms with Crippen molar-refractivity contribution < 1.29 is 57.1 Å². The van der Waals surface area contributed by atoms with E-state index < -0.39 is 23.9 Å². The van der Waals surface area contributed by atoms with Crippen molar-refractivity contribution in [2.24, 2.45) is 0 Å². The molecule has 8 bridgehead atoms. The minimum atomic E-state index is -0.495. The minimum absolute atomic E-state index is 0.236. The predicted octanol–water partition coefficient (Wildman–Crippen LogP) is 4.51. The molecule has 1 aliphatic rings. The molecule has 0 spiro atoms. The van der Waals surface area contributed by atoms with E-state index in [4.69, 9.17) is 37.9 Å². The van der Waals surface area contributed by atoms with E-state index in [-0.39, 0.29) is 26.4 Å². The molecule has 0 atom stereocenters. The number of benzene rings is 4. The number of fused-ring (bicyclic) bond motifs is 8. The molecule has 0 saturated heterocycles. The number of hydrogen-bond acceptors (Lipinski definition) is 12. The molecular formula is C56H48N4O12. The minimum Gasteiger partial charge on any atom is -0.482 e. The highest BCUT2D eigenvalue weighted by molar-refractivity contribution is 5.85. The van der Waals surface area contributed by atoms with Gasteiger partial charge in [-0.1, -0.05) is 48.5 Å². The third-order valence-electron chi connectivity index (χ3n) is 11.8. The summed E-state index contributed by atoms with van der Waals surface area (Å²) in [5.41, 5.74) is 9.87. The van der Waals surface area contributed by atoms with Gasteiger partial charge in [0.2, 0.25) is 0 Å². The molecule has 4 N–H and O–H groups in total. The van der Waals surface area contributed by atoms with Gasteiger partial charge in [-0.2, -0.15) is 0 Å². The Bertz CT molecular complexity index is 3070. The summed E-state index contributed by atoms with van der Waals surface area (Å²) in [5.74, 6) is -0.0161. The molecule has 1 aliphatic heterocycles. The summed E-state index contributed by atoms with van der Waals surface area (Å²) in [4.78, 5) is 62.6. The molecule has 4 aromatic heterocycles. The van der Waals surface area contributed by atoms with Gasteiger partial charge in [0.1, 0.15) is 23.0 Å². The fourth-order valence-corrected chi connectivity index (χ4v) is 8.25. The number of carbonyl (C=O) groups excluding carboxylic acids is 4. The van der Waals surface area contributed by atoms with Gasteiger partial charge in [-0.25, -0.2) is 19.2 Å². The molecule has 0 amide bonds. The SMILES string of the molecule is COC(=O)COc1ccc(C2=c3ccc([nH]3)=C(c3ccc(OCC(=O)OC)cc3)c3ccc([nH]3)C(c3ccc(OCC(=O)OC)cc3)=c3ccc([nH]3)=C(c3ccc(OCC(=O)OC)cc3)c3ccc2[nH]3)cc1. The Balaban J connectivity index is 1.28. The van der Waals surface area contributed by atoms with Gasteiger partial charge in [0.25, 0.3) is 0 Å². The lowest BCUT2D eigenvalue weighted by atomic mass is 10.0. The third-order valence-corrected chi connectivity index (χ3v) is 11.8. The first kappa shape index (κ1) is 47.6. The number of aromatic amines is 4. The number of esters is 4. The Morgan fingerprint density at radius 1 is 0.292 bits per heavy atom. The van der Waals surface area contributed by atoms with Gasteiger partial charge in [-0.15, -0.1) is 0 Å². The van der Waals surface area contributed by atoms with Gasteiger partial charge in [0, 0.05) is 66.5 Å². The van der Waals surface area contributed by atoms with Crippen molar-refractivity contribution >= 4 is 46.2 Å². The highest BCUT2D eigenvalue weighted by atomic mass is 16.6. The fourth-order valence-electron chi connectivity index (χ4n) is 8.25. The molecule has 0 radical (unpaired) electrons. The second-order valence-electron chi connectivity index (χ2n) is 16.2. The maximum Gasteiger partial charge on any atom is 0.343 e. The first-order valence-corrected chi connectivity index (χ1v) is 22.6. The lowest BCUT2D eigenvalue weighted by molar-refractivity contribution is -0.143. The van der Waals surface area contributed by atoms with E-state index in [1.807, 2.05) is 97.1 Å². The zero-order valence-corrected chi connectivity index (χ0v) is 39.6. The van der Waals surface area contributed by atoms with Crippen LogP contribution in [0.1, 0.15) is 45.0 Å². The Morgan fingerprint density at radius 3 is 0.694 bits per heavy atom. The summed E-state index contributed by atoms with van der Waals surface area (Å²) >= 11 is 0. The molecule has 5 heterocycles. The van der Waals surface area contributed by atoms with Crippen LogP contribution in [0.4, 0.5) is 0 Å². The number of ether oxygens (including phenoxy) is 8. The average molecular weight is 969 g/mol. The highest BCUT2D eigenvalue weighted by Gasteiger charge is 2.20. The molecule has 16 heteroatoms. The predicted molar refractivity (Wildman–Crippen MR) is 264 cm³/mol. The van der Waals surface area contributed by atoms with E-state index in [9.17, 15) is 19.2 Å². The van der Waals surface area contributed by atoms with Crippen LogP contribution in [-0.4, -0.2) is 98.7 Å². The van der Waals surface area contributed by atoms with Crippen molar-refractivity contribution in [3.8, 4) is 23.0 Å². The summed E-state index contributed by atoms with van der Waals surface area (Å²) in [6.45, 7) is -0.943. The molecule has 4 aromatic carbocycles. The van der Waals surface area contributed by atoms with Crippen molar-refractivity contribution in [2.75, 3.05) is 54.9 Å². The van der Waals surface area contributed by atoms with Crippen molar-refractivity contribution in [2.45, 2.75) is 0 Å². The summed E-state index contributed by atoms with van der Waals surface area (Å²) in [6.07, 6.45) is 0. The molecule has 0 aliphatic carbocycles. The molecule has 8 aromatic rings. The molecule has 9 rings (SSSR count). The largest absolute Gasteiger partial charge is 0.482 e. The second-order valence-corrected chi connectivity index (χ2v) is 16.2. The zero-order chi connectivity index (χ0) is 50.1. The fraction of sp³-hybridized carbons (Fsp3) is 0.143. The van der Waals surface area contributed by atoms with Crippen molar-refractivity contribution in [3.63, 3.8) is 0 Å². The zero-order valence-electron chi connectivity index (χ0n) is 39.6. The van der Waals surface area contributed by atoms with Crippen LogP contribution < -0.4 is 40.3 Å². The molecule has 16 nitrogen and oxygen atoms in total. The summed E-state index contributed by atoms with van der Waals surface area (Å²) in [7, 11) is 5.24. The van der Waals surface area contributed by atoms with Crippen LogP contribution in [0, 0.1) is 0 Å². The van der Waals surface area contributed by atoms with Crippen LogP contribution in [0.2, 0.25) is 0 Å². The van der Waals surface area contributed by atoms with E-state index in [1.54, 1.807) is 48.5 Å². The highest BCUT2D eigenvalue weighted by Crippen LogP contribution is 2.30. The van der Waals surface area contributed by atoms with Gasteiger partial charge in [-0.05, 0) is 119 Å². The Morgan fingerprint density at radius 2 is 0.500 bits per heavy atom. The topological polar surface area (TPSA) is 205 Å². The number of H-pyrrole nitrogens is 4. The van der Waals surface area contributed by atoms with Crippen LogP contribution >= 0.6 is 0 Å². The first-order chi connectivity index (χ1) is 35.1. The monoisotopic (exact) mass is 968 g/mol. The standard InChI is InChI=1S/C56H48N4O12/c1-65-49(61)29-69-37-13-5-33(6-14-37)53-41-21-23-43(57-41)54(34-7-15-38(16-8-34)70-30-50(62)66-2)45-25-27-47(59-45)56(36-11-19-40(20-12-36)72-32-52(64)68-4)48-28-26-46(60-48)55(44-24-22-42(53)58-44)35-9-17-39(18-10-35)71-31-51(63)67-3/h5-28,57-60H,29-32H2,1-4H3. The molecule has 0 unspecified atom stereocenters. The van der Waals surface area contributed by atoms with Gasteiger partial charge < -0.3 is 57.8 Å². The number of hydrogen-bond donors (Lipinski definition) is 4. The third kappa shape index (κ3) is 10.6. The average Bonchev–Trinajstić information content (AvgIpc) is 4.28. The lowest BCUT2D eigenvalue weighted by Crippen LogP contribution is -2.19. The van der Waals surface area contributed by atoms with Crippen molar-refractivity contribution in [3.05, 3.63) is 212 Å². The second kappa shape index (κ2) is 21.5. The quantitative estimate of drug-likeness (QED) is 0.0781. The molecule has 72 heavy (non-hydrogen) atoms. The maximum absolute atomic E-state index is 11.9. The Kier molecular flexibility index (Phi) is 14.2. The number of carbonyl (C=O) groups is 4. The number of aromatic nitrogens is 4. The van der Waals surface area contributed by atoms with E-state index in [0.717, 1.165) is 88.7 Å². The molecule has 0 saturated carbocycles. The van der Waals surface area contributed by atoms with Gasteiger partial charge in [0.15, 0.2) is 26.4 Å². The van der Waals surface area contributed by atoms with Crippen molar-refractivity contribution in [1.29, 1.82) is 0 Å². The number of rotatable bonds is 16. The van der Waals surface area contributed by atoms with Gasteiger partial charge in [-0.3, -0.25) is 0 Å². The van der Waals surface area contributed by atoms with Crippen LogP contribution in [-0.2, 0) is 38.1 Å². The van der Waals surface area contributed by atoms with Crippen LogP contribution in [0.25, 0.3) is 22.3 Å². The Hall–Kier alpha value is -9.44. The summed E-state index contributed by atoms with van der Waals surface area (Å²) in [5, 5.41) is 3.14.